The Hall–Kier alpha value is -0.590. The summed E-state index contributed by atoms with van der Waals surface area (Å²) < 4.78 is 5.71. The predicted octanol–water partition coefficient (Wildman–Crippen LogP) is 2.54. The van der Waals surface area contributed by atoms with Crippen molar-refractivity contribution in [3.63, 3.8) is 0 Å². The summed E-state index contributed by atoms with van der Waals surface area (Å²) in [5.74, 6) is 0.981. The van der Waals surface area contributed by atoms with Crippen LogP contribution in [0.5, 0.6) is 0 Å². The van der Waals surface area contributed by atoms with Crippen molar-refractivity contribution >= 4 is 11.8 Å². The summed E-state index contributed by atoms with van der Waals surface area (Å²) >= 11 is 1.86. The molecular formula is C19H33N3OS. The van der Waals surface area contributed by atoms with Gasteiger partial charge in [-0.1, -0.05) is 32.0 Å². The van der Waals surface area contributed by atoms with Crippen LogP contribution in [-0.4, -0.2) is 73.6 Å². The molecule has 1 aliphatic heterocycles. The largest absolute Gasteiger partial charge is 0.378 e. The highest BCUT2D eigenvalue weighted by Crippen LogP contribution is 2.18. The average Bonchev–Trinajstić information content (AvgIpc) is 2.64. The first-order valence-electron chi connectivity index (χ1n) is 9.20. The lowest BCUT2D eigenvalue weighted by molar-refractivity contribution is -0.0197. The molecule has 1 aromatic rings. The Morgan fingerprint density at radius 2 is 2.04 bits per heavy atom. The Labute approximate surface area is 151 Å². The maximum Gasteiger partial charge on any atom is 0.0634 e. The maximum atomic E-state index is 6.35. The zero-order chi connectivity index (χ0) is 17.2. The van der Waals surface area contributed by atoms with Crippen LogP contribution in [0.2, 0.25) is 0 Å². The molecule has 0 spiro atoms. The van der Waals surface area contributed by atoms with Crippen LogP contribution in [0.25, 0.3) is 0 Å². The van der Waals surface area contributed by atoms with E-state index >= 15 is 0 Å². The van der Waals surface area contributed by atoms with Crippen LogP contribution >= 0.6 is 11.8 Å². The maximum absolute atomic E-state index is 6.35. The van der Waals surface area contributed by atoms with Gasteiger partial charge in [0, 0.05) is 42.4 Å². The van der Waals surface area contributed by atoms with E-state index in [9.17, 15) is 0 Å². The number of thioether (sulfide) groups is 1. The molecule has 0 bridgehead atoms. The molecule has 1 aromatic carbocycles. The van der Waals surface area contributed by atoms with E-state index < -0.39 is 0 Å². The smallest absolute Gasteiger partial charge is 0.0634 e. The Morgan fingerprint density at radius 3 is 2.75 bits per heavy atom. The highest BCUT2D eigenvalue weighted by molar-refractivity contribution is 7.99. The second-order valence-electron chi connectivity index (χ2n) is 6.42. The number of morpholine rings is 1. The number of nitrogens with two attached hydrogens (primary N) is 1. The van der Waals surface area contributed by atoms with Crippen molar-refractivity contribution in [2.75, 3.05) is 51.7 Å². The van der Waals surface area contributed by atoms with E-state index in [4.69, 9.17) is 10.5 Å². The van der Waals surface area contributed by atoms with Crippen molar-refractivity contribution in [3.05, 3.63) is 30.3 Å². The van der Waals surface area contributed by atoms with E-state index in [1.807, 2.05) is 11.8 Å². The molecule has 0 aliphatic carbocycles. The van der Waals surface area contributed by atoms with Gasteiger partial charge < -0.3 is 15.4 Å². The molecule has 2 N–H and O–H groups in total. The zero-order valence-corrected chi connectivity index (χ0v) is 16.0. The molecule has 0 amide bonds. The van der Waals surface area contributed by atoms with Crippen molar-refractivity contribution < 1.29 is 4.74 Å². The quantitative estimate of drug-likeness (QED) is 0.656. The first-order chi connectivity index (χ1) is 11.7. The molecule has 136 valence electrons. The van der Waals surface area contributed by atoms with Gasteiger partial charge in [0.05, 0.1) is 13.2 Å². The number of hydrogen-bond donors (Lipinski definition) is 1. The average molecular weight is 352 g/mol. The minimum absolute atomic E-state index is 0.243. The van der Waals surface area contributed by atoms with Crippen LogP contribution in [0.1, 0.15) is 20.3 Å². The molecule has 0 aromatic heterocycles. The van der Waals surface area contributed by atoms with Gasteiger partial charge in [-0.25, -0.2) is 0 Å². The lowest BCUT2D eigenvalue weighted by Crippen LogP contribution is -2.52. The van der Waals surface area contributed by atoms with E-state index in [-0.39, 0.29) is 6.04 Å². The van der Waals surface area contributed by atoms with E-state index in [1.165, 1.54) is 4.90 Å². The summed E-state index contributed by atoms with van der Waals surface area (Å²) in [6.07, 6.45) is 1.05. The van der Waals surface area contributed by atoms with Gasteiger partial charge >= 0.3 is 0 Å². The fraction of sp³-hybridized carbons (Fsp3) is 0.684. The minimum Gasteiger partial charge on any atom is -0.378 e. The Bertz CT molecular complexity index is 441. The van der Waals surface area contributed by atoms with Gasteiger partial charge in [0.1, 0.15) is 0 Å². The summed E-state index contributed by atoms with van der Waals surface area (Å²) in [7, 11) is 0. The Kier molecular flexibility index (Phi) is 9.13. The standard InChI is InChI=1S/C19H33N3OS/c1-3-21(4-2)14-18-15-23-13-12-22(18)11-10-17(20)16-24-19-8-6-5-7-9-19/h5-9,17-18H,3-4,10-16,20H2,1-2H3/t17-,18+/m1/s1. The molecule has 2 rings (SSSR count). The Morgan fingerprint density at radius 1 is 1.29 bits per heavy atom. The van der Waals surface area contributed by atoms with Gasteiger partial charge in [-0.15, -0.1) is 11.8 Å². The molecule has 4 nitrogen and oxygen atoms in total. The molecule has 1 saturated heterocycles. The van der Waals surface area contributed by atoms with Crippen LogP contribution in [0, 0.1) is 0 Å². The third-order valence-corrected chi connectivity index (χ3v) is 5.91. The van der Waals surface area contributed by atoms with E-state index in [0.29, 0.717) is 6.04 Å². The monoisotopic (exact) mass is 351 g/mol. The second kappa shape index (κ2) is 11.1. The molecular weight excluding hydrogens is 318 g/mol. The fourth-order valence-corrected chi connectivity index (χ4v) is 3.99. The normalized spacial score (nSPS) is 20.4. The molecule has 24 heavy (non-hydrogen) atoms. The van der Waals surface area contributed by atoms with E-state index in [2.05, 4.69) is 54.0 Å². The number of likely N-dealkylation sites (N-methyl/N-ethyl adjacent to an activating group) is 1. The number of benzene rings is 1. The first-order valence-corrected chi connectivity index (χ1v) is 10.2. The van der Waals surface area contributed by atoms with Crippen LogP contribution in [0.15, 0.2) is 35.2 Å². The van der Waals surface area contributed by atoms with Gasteiger partial charge in [0.2, 0.25) is 0 Å². The summed E-state index contributed by atoms with van der Waals surface area (Å²) in [5.41, 5.74) is 6.35. The summed E-state index contributed by atoms with van der Waals surface area (Å²) in [5, 5.41) is 0. The van der Waals surface area contributed by atoms with Gasteiger partial charge in [-0.05, 0) is 31.6 Å². The van der Waals surface area contributed by atoms with Crippen molar-refractivity contribution in [1.82, 2.24) is 9.80 Å². The highest BCUT2D eigenvalue weighted by Gasteiger charge is 2.24. The molecule has 2 atom stereocenters. The van der Waals surface area contributed by atoms with E-state index in [1.54, 1.807) is 0 Å². The highest BCUT2D eigenvalue weighted by atomic mass is 32.2. The SMILES string of the molecule is CCN(CC)C[C@H]1COCCN1CC[C@@H](N)CSc1ccccc1. The predicted molar refractivity (Wildman–Crippen MR) is 104 cm³/mol. The number of hydrogen-bond acceptors (Lipinski definition) is 5. The van der Waals surface area contributed by atoms with Crippen LogP contribution in [0.3, 0.4) is 0 Å². The third-order valence-electron chi connectivity index (χ3n) is 4.71. The lowest BCUT2D eigenvalue weighted by Gasteiger charge is -2.38. The first kappa shape index (κ1) is 19.7. The van der Waals surface area contributed by atoms with Crippen LogP contribution in [-0.2, 0) is 4.74 Å². The van der Waals surface area contributed by atoms with Crippen LogP contribution in [0.4, 0.5) is 0 Å². The molecule has 1 aliphatic rings. The number of ether oxygens (including phenoxy) is 1. The zero-order valence-electron chi connectivity index (χ0n) is 15.2. The number of rotatable bonds is 10. The fourth-order valence-electron chi connectivity index (χ4n) is 3.07. The molecule has 1 heterocycles. The topological polar surface area (TPSA) is 41.7 Å². The molecule has 0 radical (unpaired) electrons. The molecule has 0 unspecified atom stereocenters. The second-order valence-corrected chi connectivity index (χ2v) is 7.52. The minimum atomic E-state index is 0.243. The number of nitrogens with zero attached hydrogens (tertiary/aromatic N) is 2. The summed E-state index contributed by atoms with van der Waals surface area (Å²) in [6, 6.07) is 11.3. The molecule has 1 fully saturated rings. The van der Waals surface area contributed by atoms with Gasteiger partial charge in [0.25, 0.3) is 0 Å². The summed E-state index contributed by atoms with van der Waals surface area (Å²) in [4.78, 5) is 6.37. The van der Waals surface area contributed by atoms with Crippen molar-refractivity contribution in [1.29, 1.82) is 0 Å². The van der Waals surface area contributed by atoms with Gasteiger partial charge in [-0.2, -0.15) is 0 Å². The van der Waals surface area contributed by atoms with Crippen molar-refractivity contribution in [2.24, 2.45) is 5.73 Å². The summed E-state index contributed by atoms with van der Waals surface area (Å²) in [6.45, 7) is 11.6. The van der Waals surface area contributed by atoms with Crippen molar-refractivity contribution in [2.45, 2.75) is 37.2 Å². The third kappa shape index (κ3) is 6.73. The molecule has 0 saturated carbocycles. The van der Waals surface area contributed by atoms with Crippen molar-refractivity contribution in [3.8, 4) is 0 Å². The van der Waals surface area contributed by atoms with Gasteiger partial charge in [0.15, 0.2) is 0 Å². The van der Waals surface area contributed by atoms with Crippen LogP contribution < -0.4 is 5.73 Å². The van der Waals surface area contributed by atoms with Gasteiger partial charge in [-0.3, -0.25) is 4.90 Å². The Balaban J connectivity index is 1.73. The van der Waals surface area contributed by atoms with E-state index in [0.717, 1.165) is 58.1 Å². The molecule has 5 heteroatoms. The lowest BCUT2D eigenvalue weighted by atomic mass is 10.1.